The van der Waals surface area contributed by atoms with Crippen molar-refractivity contribution in [3.63, 3.8) is 0 Å². The van der Waals surface area contributed by atoms with Crippen molar-refractivity contribution in [1.82, 2.24) is 0 Å². The van der Waals surface area contributed by atoms with Crippen LogP contribution in [0, 0.1) is 0 Å². The quantitative estimate of drug-likeness (QED) is 0.685. The summed E-state index contributed by atoms with van der Waals surface area (Å²) >= 11 is 0. The first-order chi connectivity index (χ1) is 5.72. The molecule has 5 heteroatoms. The van der Waals surface area contributed by atoms with Crippen molar-refractivity contribution in [1.29, 1.82) is 0 Å². The Hall–Kier alpha value is 0.110. The lowest BCUT2D eigenvalue weighted by Crippen LogP contribution is -1.81. The van der Waals surface area contributed by atoms with Crippen LogP contribution >= 0.6 is 8.25 Å². The third-order valence-corrected chi connectivity index (χ3v) is 1.80. The minimum Gasteiger partial charge on any atom is -0.396 e. The summed E-state index contributed by atoms with van der Waals surface area (Å²) in [5.74, 6) is 0. The van der Waals surface area contributed by atoms with Crippen molar-refractivity contribution >= 4 is 8.25 Å². The van der Waals surface area contributed by atoms with Crippen LogP contribution in [0.5, 0.6) is 0 Å². The Kier molecular flexibility index (Phi) is 16.7. The normalized spacial score (nSPS) is 9.42. The second-order valence-corrected chi connectivity index (χ2v) is 2.92. The molecule has 0 amide bonds. The molecule has 0 spiro atoms. The van der Waals surface area contributed by atoms with Crippen LogP contribution in [0.3, 0.4) is 0 Å². The first-order valence-corrected chi connectivity index (χ1v) is 5.35. The summed E-state index contributed by atoms with van der Waals surface area (Å²) in [6.07, 6.45) is 0.875. The molecular weight excluding hydrogens is 179 g/mol. The van der Waals surface area contributed by atoms with E-state index in [2.05, 4.69) is 9.05 Å². The Morgan fingerprint density at radius 3 is 1.67 bits per heavy atom. The molecule has 0 saturated carbocycles. The summed E-state index contributed by atoms with van der Waals surface area (Å²) in [5, 5.41) is 7.88. The van der Waals surface area contributed by atoms with E-state index in [0.29, 0.717) is 19.8 Å². The molecule has 0 aliphatic carbocycles. The van der Waals surface area contributed by atoms with E-state index in [9.17, 15) is 4.57 Å². The zero-order valence-corrected chi connectivity index (χ0v) is 9.00. The minimum atomic E-state index is -2.14. The van der Waals surface area contributed by atoms with E-state index in [1.165, 1.54) is 0 Å². The summed E-state index contributed by atoms with van der Waals surface area (Å²) < 4.78 is 19.6. The predicted molar refractivity (Wildman–Crippen MR) is 49.6 cm³/mol. The van der Waals surface area contributed by atoms with Crippen molar-refractivity contribution in [3.05, 3.63) is 0 Å². The predicted octanol–water partition coefficient (Wildman–Crippen LogP) is 1.84. The van der Waals surface area contributed by atoms with E-state index < -0.39 is 8.25 Å². The van der Waals surface area contributed by atoms with Crippen molar-refractivity contribution in [2.24, 2.45) is 0 Å². The van der Waals surface area contributed by atoms with Gasteiger partial charge in [-0.25, -0.2) is 0 Å². The Morgan fingerprint density at radius 1 is 1.17 bits per heavy atom. The molecular formula is C7H19O4P. The Bertz CT molecular complexity index is 87.4. The molecule has 0 aliphatic heterocycles. The third kappa shape index (κ3) is 16.6. The lowest BCUT2D eigenvalue weighted by atomic mass is 10.5. The Morgan fingerprint density at radius 2 is 1.50 bits per heavy atom. The highest BCUT2D eigenvalue weighted by atomic mass is 31.1. The monoisotopic (exact) mass is 198 g/mol. The van der Waals surface area contributed by atoms with Gasteiger partial charge in [0.25, 0.3) is 0 Å². The van der Waals surface area contributed by atoms with Gasteiger partial charge in [-0.05, 0) is 20.3 Å². The molecule has 12 heavy (non-hydrogen) atoms. The fourth-order valence-electron chi connectivity index (χ4n) is 0.277. The molecule has 0 heterocycles. The molecule has 0 aliphatic rings. The molecule has 0 fully saturated rings. The first-order valence-electron chi connectivity index (χ1n) is 4.13. The van der Waals surface area contributed by atoms with Gasteiger partial charge in [-0.1, -0.05) is 6.92 Å². The van der Waals surface area contributed by atoms with Gasteiger partial charge in [0, 0.05) is 6.61 Å². The second-order valence-electron chi connectivity index (χ2n) is 1.84. The summed E-state index contributed by atoms with van der Waals surface area (Å²) in [7, 11) is -2.14. The molecule has 0 saturated heterocycles. The van der Waals surface area contributed by atoms with Crippen LogP contribution in [-0.4, -0.2) is 24.9 Å². The highest BCUT2D eigenvalue weighted by Crippen LogP contribution is 2.21. The number of hydrogen-bond donors (Lipinski definition) is 1. The molecule has 4 nitrogen and oxygen atoms in total. The van der Waals surface area contributed by atoms with Gasteiger partial charge < -0.3 is 14.2 Å². The maximum atomic E-state index is 10.4. The van der Waals surface area contributed by atoms with E-state index in [1.54, 1.807) is 13.8 Å². The summed E-state index contributed by atoms with van der Waals surface area (Å²) in [5.41, 5.74) is 0. The number of rotatable bonds is 5. The van der Waals surface area contributed by atoms with Crippen LogP contribution in [0.25, 0.3) is 0 Å². The Balaban J connectivity index is 0. The molecule has 0 radical (unpaired) electrons. The van der Waals surface area contributed by atoms with Gasteiger partial charge in [-0.15, -0.1) is 0 Å². The Labute approximate surface area is 74.8 Å². The van der Waals surface area contributed by atoms with Crippen molar-refractivity contribution in [3.8, 4) is 0 Å². The van der Waals surface area contributed by atoms with E-state index >= 15 is 0 Å². The van der Waals surface area contributed by atoms with Gasteiger partial charge in [-0.3, -0.25) is 4.57 Å². The van der Waals surface area contributed by atoms with E-state index in [-0.39, 0.29) is 0 Å². The topological polar surface area (TPSA) is 55.8 Å². The smallest absolute Gasteiger partial charge is 0.319 e. The van der Waals surface area contributed by atoms with Crippen LogP contribution in [0.2, 0.25) is 0 Å². The molecule has 0 bridgehead atoms. The van der Waals surface area contributed by atoms with Gasteiger partial charge in [0.1, 0.15) is 0 Å². The standard InChI is InChI=1S/C4H11O3P.C3H8O/c1-3-6-8(5)7-4-2;1-2-3-4/h8H,3-4H2,1-2H3;4H,2-3H2,1H3. The third-order valence-electron chi connectivity index (χ3n) is 0.748. The van der Waals surface area contributed by atoms with E-state index in [4.69, 9.17) is 5.11 Å². The van der Waals surface area contributed by atoms with E-state index in [1.807, 2.05) is 6.92 Å². The maximum Gasteiger partial charge on any atom is 0.319 e. The second kappa shape index (κ2) is 13.7. The van der Waals surface area contributed by atoms with Gasteiger partial charge >= 0.3 is 8.25 Å². The fraction of sp³-hybridized carbons (Fsp3) is 1.00. The van der Waals surface area contributed by atoms with Crippen LogP contribution in [-0.2, 0) is 13.6 Å². The van der Waals surface area contributed by atoms with Crippen LogP contribution in [0.15, 0.2) is 0 Å². The molecule has 1 N–H and O–H groups in total. The number of aliphatic hydroxyl groups excluding tert-OH is 1. The number of aliphatic hydroxyl groups is 1. The van der Waals surface area contributed by atoms with Crippen LogP contribution < -0.4 is 0 Å². The lowest BCUT2D eigenvalue weighted by Gasteiger charge is -1.97. The van der Waals surface area contributed by atoms with Crippen molar-refractivity contribution < 1.29 is 18.7 Å². The average Bonchev–Trinajstić information content (AvgIpc) is 2.06. The summed E-state index contributed by atoms with van der Waals surface area (Å²) in [4.78, 5) is 0. The average molecular weight is 198 g/mol. The lowest BCUT2D eigenvalue weighted by molar-refractivity contribution is 0.243. The molecule has 0 rings (SSSR count). The van der Waals surface area contributed by atoms with Crippen molar-refractivity contribution in [2.75, 3.05) is 19.8 Å². The number of hydrogen-bond acceptors (Lipinski definition) is 4. The van der Waals surface area contributed by atoms with Crippen LogP contribution in [0.4, 0.5) is 0 Å². The highest BCUT2D eigenvalue weighted by Gasteiger charge is 1.91. The van der Waals surface area contributed by atoms with Gasteiger partial charge in [0.15, 0.2) is 0 Å². The first kappa shape index (κ1) is 14.6. The zero-order chi connectivity index (χ0) is 9.82. The molecule has 76 valence electrons. The maximum absolute atomic E-state index is 10.4. The molecule has 0 unspecified atom stereocenters. The molecule has 0 aromatic heterocycles. The van der Waals surface area contributed by atoms with Crippen molar-refractivity contribution in [2.45, 2.75) is 27.2 Å². The SMILES string of the molecule is CCCO.CCO[PH](=O)OCC. The molecule has 0 aromatic carbocycles. The highest BCUT2D eigenvalue weighted by molar-refractivity contribution is 7.33. The van der Waals surface area contributed by atoms with Gasteiger partial charge in [-0.2, -0.15) is 0 Å². The van der Waals surface area contributed by atoms with Gasteiger partial charge in [0.2, 0.25) is 0 Å². The zero-order valence-electron chi connectivity index (χ0n) is 8.00. The van der Waals surface area contributed by atoms with E-state index in [0.717, 1.165) is 6.42 Å². The summed E-state index contributed by atoms with van der Waals surface area (Å²) in [6, 6.07) is 0. The van der Waals surface area contributed by atoms with Gasteiger partial charge in [0.05, 0.1) is 13.2 Å². The fourth-order valence-corrected chi connectivity index (χ4v) is 0.832. The largest absolute Gasteiger partial charge is 0.396 e. The molecule has 0 aromatic rings. The summed E-state index contributed by atoms with van der Waals surface area (Å²) in [6.45, 7) is 6.72. The molecule has 0 atom stereocenters. The van der Waals surface area contributed by atoms with Crippen LogP contribution in [0.1, 0.15) is 27.2 Å². The minimum absolute atomic E-state index is 0.319.